The molecule has 0 spiro atoms. The molecule has 1 aliphatic rings. The Morgan fingerprint density at radius 1 is 1.23 bits per heavy atom. The highest BCUT2D eigenvalue weighted by Crippen LogP contribution is 2.29. The molecule has 1 aromatic heterocycles. The van der Waals surface area contributed by atoms with Crippen LogP contribution in [0.1, 0.15) is 23.2 Å². The molecule has 3 rings (SSSR count). The van der Waals surface area contributed by atoms with Crippen molar-refractivity contribution >= 4 is 17.7 Å². The monoisotopic (exact) mass is 314 g/mol. The van der Waals surface area contributed by atoms with Gasteiger partial charge in [0.05, 0.1) is 11.7 Å². The largest absolute Gasteiger partial charge is 0.391 e. The van der Waals surface area contributed by atoms with E-state index in [2.05, 4.69) is 4.98 Å². The average Bonchev–Trinajstić information content (AvgIpc) is 2.56. The third-order valence-electron chi connectivity index (χ3n) is 3.64. The molecule has 1 N–H and O–H groups in total. The van der Waals surface area contributed by atoms with Gasteiger partial charge in [0.25, 0.3) is 5.91 Å². The Labute approximate surface area is 134 Å². The number of carbonyl (C=O) groups excluding carboxylic acids is 1. The Morgan fingerprint density at radius 3 is 2.82 bits per heavy atom. The number of rotatable bonds is 3. The molecule has 1 fully saturated rings. The quantitative estimate of drug-likeness (QED) is 0.946. The second-order valence-corrected chi connectivity index (χ2v) is 6.38. The number of amides is 1. The lowest BCUT2D eigenvalue weighted by Crippen LogP contribution is -2.42. The minimum atomic E-state index is -0.417. The van der Waals surface area contributed by atoms with E-state index in [-0.39, 0.29) is 5.91 Å². The molecule has 0 aliphatic carbocycles. The second-order valence-electron chi connectivity index (χ2n) is 5.32. The summed E-state index contributed by atoms with van der Waals surface area (Å²) in [7, 11) is 0. The highest BCUT2D eigenvalue weighted by Gasteiger charge is 2.25. The topological polar surface area (TPSA) is 53.4 Å². The summed E-state index contributed by atoms with van der Waals surface area (Å²) < 4.78 is 0. The maximum Gasteiger partial charge on any atom is 0.256 e. The standard InChI is InChI=1S/C17H18N2O2S/c20-13-6-5-11-19(12-13)17(21)15-9-4-10-18-16(15)22-14-7-2-1-3-8-14/h1-4,7-10,13,20H,5-6,11-12H2. The molecule has 2 aromatic rings. The maximum atomic E-state index is 12.7. The number of nitrogens with zero attached hydrogens (tertiary/aromatic N) is 2. The van der Waals surface area contributed by atoms with Gasteiger partial charge in [-0.1, -0.05) is 30.0 Å². The third-order valence-corrected chi connectivity index (χ3v) is 4.67. The third kappa shape index (κ3) is 3.48. The first-order valence-corrected chi connectivity index (χ1v) is 8.21. The maximum absolute atomic E-state index is 12.7. The minimum Gasteiger partial charge on any atom is -0.391 e. The van der Waals surface area contributed by atoms with Crippen molar-refractivity contribution in [3.63, 3.8) is 0 Å². The van der Waals surface area contributed by atoms with Gasteiger partial charge >= 0.3 is 0 Å². The molecular weight excluding hydrogens is 296 g/mol. The molecule has 0 bridgehead atoms. The van der Waals surface area contributed by atoms with E-state index in [4.69, 9.17) is 0 Å². The Bertz CT molecular complexity index is 648. The van der Waals surface area contributed by atoms with Crippen LogP contribution in [0.2, 0.25) is 0 Å². The molecule has 4 nitrogen and oxygen atoms in total. The van der Waals surface area contributed by atoms with E-state index >= 15 is 0 Å². The van der Waals surface area contributed by atoms with E-state index in [9.17, 15) is 9.90 Å². The van der Waals surface area contributed by atoms with Crippen molar-refractivity contribution in [1.29, 1.82) is 0 Å². The van der Waals surface area contributed by atoms with Crippen molar-refractivity contribution in [1.82, 2.24) is 9.88 Å². The second kappa shape index (κ2) is 6.94. The molecular formula is C17H18N2O2S. The fourth-order valence-corrected chi connectivity index (χ4v) is 3.44. The van der Waals surface area contributed by atoms with Gasteiger partial charge in [-0.2, -0.15) is 0 Å². The van der Waals surface area contributed by atoms with E-state index < -0.39 is 6.10 Å². The summed E-state index contributed by atoms with van der Waals surface area (Å²) in [5, 5.41) is 10.5. The van der Waals surface area contributed by atoms with E-state index in [0.29, 0.717) is 23.7 Å². The van der Waals surface area contributed by atoms with Crippen molar-refractivity contribution in [2.24, 2.45) is 0 Å². The van der Waals surface area contributed by atoms with Gasteiger partial charge in [0.15, 0.2) is 0 Å². The predicted molar refractivity (Wildman–Crippen MR) is 85.9 cm³/mol. The highest BCUT2D eigenvalue weighted by atomic mass is 32.2. The number of piperidine rings is 1. The summed E-state index contributed by atoms with van der Waals surface area (Å²) >= 11 is 1.49. The lowest BCUT2D eigenvalue weighted by molar-refractivity contribution is 0.0470. The van der Waals surface area contributed by atoms with E-state index in [1.165, 1.54) is 11.8 Å². The molecule has 0 saturated carbocycles. The summed E-state index contributed by atoms with van der Waals surface area (Å²) in [4.78, 5) is 19.9. The Hall–Kier alpha value is -1.85. The molecule has 1 atom stereocenters. The van der Waals surface area contributed by atoms with Crippen molar-refractivity contribution < 1.29 is 9.90 Å². The number of hydrogen-bond donors (Lipinski definition) is 1. The summed E-state index contributed by atoms with van der Waals surface area (Å²) in [5.41, 5.74) is 0.602. The predicted octanol–water partition coefficient (Wildman–Crippen LogP) is 2.83. The van der Waals surface area contributed by atoms with Crippen LogP contribution in [-0.4, -0.2) is 40.1 Å². The van der Waals surface area contributed by atoms with Gasteiger partial charge in [-0.25, -0.2) is 4.98 Å². The lowest BCUT2D eigenvalue weighted by Gasteiger charge is -2.30. The van der Waals surface area contributed by atoms with Crippen LogP contribution >= 0.6 is 11.8 Å². The van der Waals surface area contributed by atoms with Gasteiger partial charge in [-0.15, -0.1) is 0 Å². The Balaban J connectivity index is 1.83. The SMILES string of the molecule is O=C(c1cccnc1Sc1ccccc1)N1CCCC(O)C1. The van der Waals surface area contributed by atoms with E-state index in [1.54, 1.807) is 17.2 Å². The van der Waals surface area contributed by atoms with Crippen LogP contribution in [0.25, 0.3) is 0 Å². The molecule has 5 heteroatoms. The first kappa shape index (κ1) is 15.1. The minimum absolute atomic E-state index is 0.0507. The number of hydrogen-bond acceptors (Lipinski definition) is 4. The zero-order valence-corrected chi connectivity index (χ0v) is 13.0. The Morgan fingerprint density at radius 2 is 2.05 bits per heavy atom. The fraction of sp³-hybridized carbons (Fsp3) is 0.294. The van der Waals surface area contributed by atoms with Crippen LogP contribution < -0.4 is 0 Å². The molecule has 2 heterocycles. The molecule has 1 amide bonds. The van der Waals surface area contributed by atoms with Crippen LogP contribution in [0.3, 0.4) is 0 Å². The highest BCUT2D eigenvalue weighted by molar-refractivity contribution is 7.99. The summed E-state index contributed by atoms with van der Waals surface area (Å²) in [5.74, 6) is -0.0507. The number of aliphatic hydroxyl groups excluding tert-OH is 1. The van der Waals surface area contributed by atoms with Gasteiger partial charge in [0, 0.05) is 24.2 Å². The number of aliphatic hydroxyl groups is 1. The van der Waals surface area contributed by atoms with Crippen LogP contribution in [0, 0.1) is 0 Å². The van der Waals surface area contributed by atoms with Crippen LogP contribution in [0.15, 0.2) is 58.6 Å². The first-order chi connectivity index (χ1) is 10.7. The van der Waals surface area contributed by atoms with E-state index in [0.717, 1.165) is 17.7 Å². The lowest BCUT2D eigenvalue weighted by atomic mass is 10.1. The first-order valence-electron chi connectivity index (χ1n) is 7.39. The van der Waals surface area contributed by atoms with Gasteiger partial charge < -0.3 is 10.0 Å². The molecule has 1 unspecified atom stereocenters. The van der Waals surface area contributed by atoms with Crippen LogP contribution in [-0.2, 0) is 0 Å². The number of benzene rings is 1. The molecule has 1 aliphatic heterocycles. The molecule has 0 radical (unpaired) electrons. The average molecular weight is 314 g/mol. The summed E-state index contributed by atoms with van der Waals surface area (Å²) in [6, 6.07) is 13.5. The number of β-amino-alcohol motifs (C(OH)–C–C–N with tert-alkyl or cyclic N) is 1. The molecule has 114 valence electrons. The van der Waals surface area contributed by atoms with E-state index in [1.807, 2.05) is 36.4 Å². The number of carbonyl (C=O) groups is 1. The molecule has 1 aromatic carbocycles. The van der Waals surface area contributed by atoms with Crippen LogP contribution in [0.4, 0.5) is 0 Å². The number of likely N-dealkylation sites (tertiary alicyclic amines) is 1. The number of pyridine rings is 1. The Kier molecular flexibility index (Phi) is 4.75. The smallest absolute Gasteiger partial charge is 0.256 e. The summed E-state index contributed by atoms with van der Waals surface area (Å²) in [6.07, 6.45) is 2.89. The van der Waals surface area contributed by atoms with Crippen molar-refractivity contribution in [2.45, 2.75) is 28.9 Å². The van der Waals surface area contributed by atoms with Gasteiger partial charge in [0.1, 0.15) is 5.03 Å². The summed E-state index contributed by atoms with van der Waals surface area (Å²) in [6.45, 7) is 1.10. The van der Waals surface area contributed by atoms with Gasteiger partial charge in [-0.3, -0.25) is 4.79 Å². The molecule has 1 saturated heterocycles. The van der Waals surface area contributed by atoms with Crippen LogP contribution in [0.5, 0.6) is 0 Å². The normalized spacial score (nSPS) is 18.2. The van der Waals surface area contributed by atoms with Crippen molar-refractivity contribution in [3.8, 4) is 0 Å². The van der Waals surface area contributed by atoms with Gasteiger partial charge in [0.2, 0.25) is 0 Å². The molecule has 22 heavy (non-hydrogen) atoms. The van der Waals surface area contributed by atoms with Gasteiger partial charge in [-0.05, 0) is 37.1 Å². The van der Waals surface area contributed by atoms with Crippen molar-refractivity contribution in [2.75, 3.05) is 13.1 Å². The van der Waals surface area contributed by atoms with Crippen molar-refractivity contribution in [3.05, 3.63) is 54.2 Å². The zero-order valence-electron chi connectivity index (χ0n) is 12.2. The fourth-order valence-electron chi connectivity index (χ4n) is 2.54. The number of aromatic nitrogens is 1. The zero-order chi connectivity index (χ0) is 15.4.